The SMILES string of the molecule is CCn1cc(C(=O)N2CCC(C)CC2)c(=O)c2cc(C)ccc21. The van der Waals surface area contributed by atoms with Crippen molar-refractivity contribution in [2.24, 2.45) is 5.92 Å². The topological polar surface area (TPSA) is 42.3 Å². The van der Waals surface area contributed by atoms with Gasteiger partial charge in [-0.25, -0.2) is 0 Å². The number of nitrogens with zero attached hydrogens (tertiary/aromatic N) is 2. The Labute approximate surface area is 136 Å². The zero-order chi connectivity index (χ0) is 16.6. The predicted molar refractivity (Wildman–Crippen MR) is 92.9 cm³/mol. The molecule has 2 aromatic rings. The van der Waals surface area contributed by atoms with Gasteiger partial charge < -0.3 is 9.47 Å². The monoisotopic (exact) mass is 312 g/mol. The molecule has 0 saturated carbocycles. The number of piperidine rings is 1. The van der Waals surface area contributed by atoms with Crippen molar-refractivity contribution in [3.05, 3.63) is 45.7 Å². The average Bonchev–Trinajstić information content (AvgIpc) is 2.56. The lowest BCUT2D eigenvalue weighted by atomic mass is 9.98. The molecular weight excluding hydrogens is 288 g/mol. The molecule has 4 nitrogen and oxygen atoms in total. The van der Waals surface area contributed by atoms with E-state index in [1.54, 1.807) is 6.20 Å². The number of fused-ring (bicyclic) bond motifs is 1. The largest absolute Gasteiger partial charge is 0.347 e. The van der Waals surface area contributed by atoms with E-state index >= 15 is 0 Å². The minimum atomic E-state index is -0.142. The summed E-state index contributed by atoms with van der Waals surface area (Å²) in [7, 11) is 0. The molecule has 2 heterocycles. The quantitative estimate of drug-likeness (QED) is 0.854. The van der Waals surface area contributed by atoms with Crippen LogP contribution in [0.2, 0.25) is 0 Å². The number of hydrogen-bond acceptors (Lipinski definition) is 2. The van der Waals surface area contributed by atoms with Crippen LogP contribution in [0.4, 0.5) is 0 Å². The zero-order valence-corrected chi connectivity index (χ0v) is 14.1. The molecule has 1 aromatic carbocycles. The number of aromatic nitrogens is 1. The van der Waals surface area contributed by atoms with Gasteiger partial charge in [-0.05, 0) is 44.7 Å². The number of carbonyl (C=O) groups is 1. The van der Waals surface area contributed by atoms with E-state index in [0.717, 1.165) is 43.6 Å². The van der Waals surface area contributed by atoms with Crippen LogP contribution in [0.25, 0.3) is 10.9 Å². The number of rotatable bonds is 2. The molecule has 3 rings (SSSR count). The number of aryl methyl sites for hydroxylation is 2. The maximum atomic E-state index is 12.8. The summed E-state index contributed by atoms with van der Waals surface area (Å²) >= 11 is 0. The lowest BCUT2D eigenvalue weighted by Gasteiger charge is -2.30. The van der Waals surface area contributed by atoms with Crippen molar-refractivity contribution >= 4 is 16.8 Å². The molecule has 0 spiro atoms. The van der Waals surface area contributed by atoms with Gasteiger partial charge in [-0.2, -0.15) is 0 Å². The lowest BCUT2D eigenvalue weighted by molar-refractivity contribution is 0.0695. The first-order valence-electron chi connectivity index (χ1n) is 8.44. The molecule has 1 fully saturated rings. The molecule has 23 heavy (non-hydrogen) atoms. The summed E-state index contributed by atoms with van der Waals surface area (Å²) in [6.07, 6.45) is 3.77. The molecule has 1 saturated heterocycles. The van der Waals surface area contributed by atoms with Crippen molar-refractivity contribution in [1.82, 2.24) is 9.47 Å². The van der Waals surface area contributed by atoms with Crippen molar-refractivity contribution < 1.29 is 4.79 Å². The highest BCUT2D eigenvalue weighted by Gasteiger charge is 2.24. The van der Waals surface area contributed by atoms with Gasteiger partial charge >= 0.3 is 0 Å². The first kappa shape index (κ1) is 15.8. The minimum absolute atomic E-state index is 0.118. The van der Waals surface area contributed by atoms with Gasteiger partial charge in [0.2, 0.25) is 5.43 Å². The zero-order valence-electron chi connectivity index (χ0n) is 14.1. The third-order valence-corrected chi connectivity index (χ3v) is 4.88. The molecule has 0 aliphatic carbocycles. The number of amides is 1. The molecule has 0 unspecified atom stereocenters. The molecule has 0 atom stereocenters. The van der Waals surface area contributed by atoms with E-state index < -0.39 is 0 Å². The predicted octanol–water partition coefficient (Wildman–Crippen LogP) is 3.20. The normalized spacial score (nSPS) is 16.0. The number of benzene rings is 1. The molecule has 0 radical (unpaired) electrons. The number of hydrogen-bond donors (Lipinski definition) is 0. The van der Waals surface area contributed by atoms with Crippen molar-refractivity contribution in [3.8, 4) is 0 Å². The Balaban J connectivity index is 2.08. The Hall–Kier alpha value is -2.10. The third-order valence-electron chi connectivity index (χ3n) is 4.88. The maximum Gasteiger partial charge on any atom is 0.259 e. The molecule has 4 heteroatoms. The second kappa shape index (κ2) is 6.19. The Morgan fingerprint density at radius 1 is 1.26 bits per heavy atom. The van der Waals surface area contributed by atoms with E-state index in [9.17, 15) is 9.59 Å². The molecular formula is C19H24N2O2. The van der Waals surface area contributed by atoms with E-state index in [1.807, 2.05) is 41.5 Å². The van der Waals surface area contributed by atoms with Gasteiger partial charge in [-0.15, -0.1) is 0 Å². The van der Waals surface area contributed by atoms with Gasteiger partial charge in [0.25, 0.3) is 5.91 Å². The van der Waals surface area contributed by atoms with Crippen LogP contribution in [-0.4, -0.2) is 28.5 Å². The molecule has 1 amide bonds. The highest BCUT2D eigenvalue weighted by Crippen LogP contribution is 2.19. The van der Waals surface area contributed by atoms with Crippen LogP contribution < -0.4 is 5.43 Å². The van der Waals surface area contributed by atoms with Crippen molar-refractivity contribution in [3.63, 3.8) is 0 Å². The average molecular weight is 312 g/mol. The maximum absolute atomic E-state index is 12.8. The van der Waals surface area contributed by atoms with Crippen LogP contribution in [0, 0.1) is 12.8 Å². The summed E-state index contributed by atoms with van der Waals surface area (Å²) < 4.78 is 2.00. The van der Waals surface area contributed by atoms with Gasteiger partial charge in [-0.3, -0.25) is 9.59 Å². The van der Waals surface area contributed by atoms with Crippen molar-refractivity contribution in [2.75, 3.05) is 13.1 Å². The molecule has 122 valence electrons. The Morgan fingerprint density at radius 3 is 2.61 bits per heavy atom. The summed E-state index contributed by atoms with van der Waals surface area (Å²) in [5, 5.41) is 0.642. The van der Waals surface area contributed by atoms with Gasteiger partial charge in [0.15, 0.2) is 0 Å². The van der Waals surface area contributed by atoms with E-state index in [1.165, 1.54) is 0 Å². The molecule has 0 N–H and O–H groups in total. The van der Waals surface area contributed by atoms with E-state index in [2.05, 4.69) is 6.92 Å². The van der Waals surface area contributed by atoms with Gasteiger partial charge in [-0.1, -0.05) is 18.6 Å². The second-order valence-corrected chi connectivity index (χ2v) is 6.65. The molecule has 1 aromatic heterocycles. The Morgan fingerprint density at radius 2 is 1.96 bits per heavy atom. The first-order valence-corrected chi connectivity index (χ1v) is 8.44. The fourth-order valence-electron chi connectivity index (χ4n) is 3.31. The van der Waals surface area contributed by atoms with Crippen LogP contribution in [0.5, 0.6) is 0 Å². The van der Waals surface area contributed by atoms with E-state index in [0.29, 0.717) is 16.9 Å². The van der Waals surface area contributed by atoms with Crippen LogP contribution in [0.3, 0.4) is 0 Å². The lowest BCUT2D eigenvalue weighted by Crippen LogP contribution is -2.40. The van der Waals surface area contributed by atoms with Gasteiger partial charge in [0.1, 0.15) is 5.56 Å². The van der Waals surface area contributed by atoms with E-state index in [4.69, 9.17) is 0 Å². The Bertz CT molecular complexity index is 799. The van der Waals surface area contributed by atoms with E-state index in [-0.39, 0.29) is 11.3 Å². The molecule has 1 aliphatic rings. The first-order chi connectivity index (χ1) is 11.0. The van der Waals surface area contributed by atoms with Gasteiger partial charge in [0.05, 0.1) is 5.52 Å². The van der Waals surface area contributed by atoms with Gasteiger partial charge in [0, 0.05) is 31.2 Å². The third kappa shape index (κ3) is 2.90. The standard InChI is InChI=1S/C19H24N2O2/c1-4-20-12-16(19(23)21-9-7-13(2)8-10-21)18(22)15-11-14(3)5-6-17(15)20/h5-6,11-13H,4,7-10H2,1-3H3. The smallest absolute Gasteiger partial charge is 0.259 e. The summed E-state index contributed by atoms with van der Waals surface area (Å²) in [5.41, 5.74) is 2.09. The fourth-order valence-corrected chi connectivity index (χ4v) is 3.31. The highest BCUT2D eigenvalue weighted by atomic mass is 16.2. The van der Waals surface area contributed by atoms with Crippen LogP contribution in [-0.2, 0) is 6.54 Å². The minimum Gasteiger partial charge on any atom is -0.347 e. The Kier molecular flexibility index (Phi) is 4.24. The van der Waals surface area contributed by atoms with Crippen LogP contribution in [0.15, 0.2) is 29.2 Å². The second-order valence-electron chi connectivity index (χ2n) is 6.65. The van der Waals surface area contributed by atoms with Crippen LogP contribution in [0.1, 0.15) is 42.6 Å². The molecule has 1 aliphatic heterocycles. The van der Waals surface area contributed by atoms with Crippen molar-refractivity contribution in [1.29, 1.82) is 0 Å². The van der Waals surface area contributed by atoms with Crippen LogP contribution >= 0.6 is 0 Å². The number of carbonyl (C=O) groups excluding carboxylic acids is 1. The number of pyridine rings is 1. The summed E-state index contributed by atoms with van der Waals surface area (Å²) in [6, 6.07) is 5.85. The molecule has 0 bridgehead atoms. The van der Waals surface area contributed by atoms with Crippen molar-refractivity contribution in [2.45, 2.75) is 40.2 Å². The highest BCUT2D eigenvalue weighted by molar-refractivity contribution is 5.97. The fraction of sp³-hybridized carbons (Fsp3) is 0.474. The number of likely N-dealkylation sites (tertiary alicyclic amines) is 1. The summed E-state index contributed by atoms with van der Waals surface area (Å²) in [4.78, 5) is 27.5. The summed E-state index contributed by atoms with van der Waals surface area (Å²) in [5.74, 6) is 0.540. The summed E-state index contributed by atoms with van der Waals surface area (Å²) in [6.45, 7) is 8.44.